The van der Waals surface area contributed by atoms with Gasteiger partial charge in [0.05, 0.1) is 12.7 Å². The Kier molecular flexibility index (Phi) is 6.93. The Balaban J connectivity index is 1.79. The fourth-order valence-corrected chi connectivity index (χ4v) is 3.48. The van der Waals surface area contributed by atoms with Crippen molar-refractivity contribution in [2.45, 2.75) is 43.8 Å². The van der Waals surface area contributed by atoms with Crippen LogP contribution in [0.5, 0.6) is 5.75 Å². The molecule has 9 heteroatoms. The van der Waals surface area contributed by atoms with Crippen LogP contribution in [0, 0.1) is 29.1 Å². The van der Waals surface area contributed by atoms with E-state index in [-0.39, 0.29) is 30.4 Å². The van der Waals surface area contributed by atoms with Crippen LogP contribution in [0.1, 0.15) is 42.7 Å². The van der Waals surface area contributed by atoms with Crippen molar-refractivity contribution in [2.24, 2.45) is 0 Å². The van der Waals surface area contributed by atoms with Gasteiger partial charge < -0.3 is 9.47 Å². The monoisotopic (exact) mass is 448 g/mol. The summed E-state index contributed by atoms with van der Waals surface area (Å²) >= 11 is 0. The van der Waals surface area contributed by atoms with Crippen molar-refractivity contribution >= 4 is 0 Å². The Hall–Kier alpha value is -2.55. The molecule has 0 bridgehead atoms. The molecule has 0 aliphatic carbocycles. The third kappa shape index (κ3) is 5.03. The Bertz CT molecular complexity index is 930. The van der Waals surface area contributed by atoms with Crippen LogP contribution in [0.3, 0.4) is 0 Å². The van der Waals surface area contributed by atoms with E-state index in [0.717, 1.165) is 18.9 Å². The van der Waals surface area contributed by atoms with Gasteiger partial charge in [0, 0.05) is 18.1 Å². The molecule has 2 aromatic rings. The Labute approximate surface area is 174 Å². The molecule has 2 unspecified atom stereocenters. The van der Waals surface area contributed by atoms with E-state index < -0.39 is 52.4 Å². The number of hydrogen-bond acceptors (Lipinski definition) is 2. The van der Waals surface area contributed by atoms with Gasteiger partial charge in [-0.1, -0.05) is 12.1 Å². The smallest absolute Gasteiger partial charge is 0.429 e. The standard InChI is InChI=1S/C22H19F7O2/c1-2-3-4-13-6-5-12(11-30-13)15-7-8-16(20(26)19(15)25)22(28,29)31-14-9-17(23)21(27)18(24)10-14/h2,7-10,12-13H,1,3-6,11H2. The predicted octanol–water partition coefficient (Wildman–Crippen LogP) is 6.74. The van der Waals surface area contributed by atoms with Crippen molar-refractivity contribution in [3.8, 4) is 5.75 Å². The molecule has 1 fully saturated rings. The van der Waals surface area contributed by atoms with Gasteiger partial charge in [0.25, 0.3) is 0 Å². The van der Waals surface area contributed by atoms with Gasteiger partial charge in [0.2, 0.25) is 0 Å². The predicted molar refractivity (Wildman–Crippen MR) is 98.3 cm³/mol. The van der Waals surface area contributed by atoms with Crippen LogP contribution < -0.4 is 4.74 Å². The lowest BCUT2D eigenvalue weighted by Crippen LogP contribution is -2.27. The number of allylic oxidation sites excluding steroid dienone is 1. The Morgan fingerprint density at radius 1 is 1.00 bits per heavy atom. The van der Waals surface area contributed by atoms with Crippen LogP contribution in [0.2, 0.25) is 0 Å². The molecule has 168 valence electrons. The molecule has 0 N–H and O–H groups in total. The quantitative estimate of drug-likeness (QED) is 0.265. The summed E-state index contributed by atoms with van der Waals surface area (Å²) in [5, 5.41) is 0. The fraction of sp³-hybridized carbons (Fsp3) is 0.364. The summed E-state index contributed by atoms with van der Waals surface area (Å²) in [6, 6.07) is 2.01. The third-order valence-electron chi connectivity index (χ3n) is 5.13. The molecule has 3 rings (SSSR count). The Morgan fingerprint density at radius 3 is 2.26 bits per heavy atom. The first-order chi connectivity index (χ1) is 14.6. The number of hydrogen-bond donors (Lipinski definition) is 0. The maximum atomic E-state index is 14.6. The van der Waals surface area contributed by atoms with Crippen molar-refractivity contribution in [2.75, 3.05) is 6.61 Å². The first-order valence-electron chi connectivity index (χ1n) is 9.56. The molecule has 0 spiro atoms. The maximum Gasteiger partial charge on any atom is 0.429 e. The fourth-order valence-electron chi connectivity index (χ4n) is 3.48. The molecule has 31 heavy (non-hydrogen) atoms. The summed E-state index contributed by atoms with van der Waals surface area (Å²) in [5.41, 5.74) is -1.57. The zero-order chi connectivity index (χ0) is 22.8. The van der Waals surface area contributed by atoms with Crippen LogP contribution in [-0.2, 0) is 10.8 Å². The molecule has 1 aliphatic rings. The van der Waals surface area contributed by atoms with E-state index in [2.05, 4.69) is 11.3 Å². The molecule has 0 radical (unpaired) electrons. The molecule has 2 nitrogen and oxygen atoms in total. The number of rotatable bonds is 7. The van der Waals surface area contributed by atoms with E-state index in [9.17, 15) is 30.7 Å². The summed E-state index contributed by atoms with van der Waals surface area (Å²) in [6.45, 7) is 3.73. The highest BCUT2D eigenvalue weighted by atomic mass is 19.3. The minimum Gasteiger partial charge on any atom is -0.429 e. The SMILES string of the molecule is C=CCCC1CCC(c2ccc(C(F)(F)Oc3cc(F)c(F)c(F)c3)c(F)c2F)CO1. The second kappa shape index (κ2) is 9.30. The van der Waals surface area contributed by atoms with Crippen molar-refractivity contribution < 1.29 is 40.2 Å². The number of ether oxygens (including phenoxy) is 2. The molecule has 1 aliphatic heterocycles. The summed E-state index contributed by atoms with van der Waals surface area (Å²) in [4.78, 5) is 0. The molecular weight excluding hydrogens is 429 g/mol. The van der Waals surface area contributed by atoms with Crippen LogP contribution in [-0.4, -0.2) is 12.7 Å². The largest absolute Gasteiger partial charge is 0.429 e. The van der Waals surface area contributed by atoms with Gasteiger partial charge in [0.15, 0.2) is 29.1 Å². The highest BCUT2D eigenvalue weighted by Gasteiger charge is 2.40. The minimum absolute atomic E-state index is 0.0318. The van der Waals surface area contributed by atoms with Crippen LogP contribution in [0.15, 0.2) is 36.9 Å². The zero-order valence-corrected chi connectivity index (χ0v) is 16.2. The van der Waals surface area contributed by atoms with Crippen LogP contribution >= 0.6 is 0 Å². The normalized spacial score (nSPS) is 19.3. The van der Waals surface area contributed by atoms with Crippen LogP contribution in [0.4, 0.5) is 30.7 Å². The number of alkyl halides is 2. The summed E-state index contributed by atoms with van der Waals surface area (Å²) in [7, 11) is 0. The second-order valence-corrected chi connectivity index (χ2v) is 7.25. The van der Waals surface area contributed by atoms with E-state index in [1.54, 1.807) is 6.08 Å². The lowest BCUT2D eigenvalue weighted by atomic mass is 9.89. The zero-order valence-electron chi connectivity index (χ0n) is 16.2. The first kappa shape index (κ1) is 23.1. The van der Waals surface area contributed by atoms with Crippen molar-refractivity contribution in [3.63, 3.8) is 0 Å². The highest BCUT2D eigenvalue weighted by Crippen LogP contribution is 2.38. The lowest BCUT2D eigenvalue weighted by Gasteiger charge is -2.30. The average molecular weight is 448 g/mol. The summed E-state index contributed by atoms with van der Waals surface area (Å²) < 4.78 is 107. The topological polar surface area (TPSA) is 18.5 Å². The lowest BCUT2D eigenvalue weighted by molar-refractivity contribution is -0.188. The number of benzene rings is 2. The van der Waals surface area contributed by atoms with Crippen molar-refractivity contribution in [1.29, 1.82) is 0 Å². The van der Waals surface area contributed by atoms with Gasteiger partial charge in [0.1, 0.15) is 11.3 Å². The van der Waals surface area contributed by atoms with E-state index >= 15 is 0 Å². The molecule has 1 heterocycles. The molecule has 0 amide bonds. The maximum absolute atomic E-state index is 14.6. The summed E-state index contributed by atoms with van der Waals surface area (Å²) in [6.07, 6.45) is -0.167. The Morgan fingerprint density at radius 2 is 1.68 bits per heavy atom. The minimum atomic E-state index is -4.47. The second-order valence-electron chi connectivity index (χ2n) is 7.25. The van der Waals surface area contributed by atoms with E-state index in [1.165, 1.54) is 0 Å². The number of halogens is 7. The first-order valence-corrected chi connectivity index (χ1v) is 9.56. The van der Waals surface area contributed by atoms with E-state index in [1.807, 2.05) is 0 Å². The molecular formula is C22H19F7O2. The highest BCUT2D eigenvalue weighted by molar-refractivity contribution is 5.33. The van der Waals surface area contributed by atoms with Gasteiger partial charge in [-0.05, 0) is 37.3 Å². The average Bonchev–Trinajstić information content (AvgIpc) is 2.72. The molecule has 0 aromatic heterocycles. The van der Waals surface area contributed by atoms with Crippen molar-refractivity contribution in [3.05, 3.63) is 77.1 Å². The van der Waals surface area contributed by atoms with Gasteiger partial charge in [-0.15, -0.1) is 6.58 Å². The third-order valence-corrected chi connectivity index (χ3v) is 5.13. The van der Waals surface area contributed by atoms with Crippen LogP contribution in [0.25, 0.3) is 0 Å². The molecule has 2 aromatic carbocycles. The molecule has 2 atom stereocenters. The molecule has 0 saturated carbocycles. The van der Waals surface area contributed by atoms with Crippen molar-refractivity contribution in [1.82, 2.24) is 0 Å². The van der Waals surface area contributed by atoms with Gasteiger partial charge in [-0.25, -0.2) is 22.0 Å². The summed E-state index contributed by atoms with van der Waals surface area (Å²) in [5.74, 6) is -10.3. The van der Waals surface area contributed by atoms with Gasteiger partial charge in [-0.3, -0.25) is 0 Å². The van der Waals surface area contributed by atoms with Gasteiger partial charge >= 0.3 is 6.11 Å². The van der Waals surface area contributed by atoms with Gasteiger partial charge in [-0.2, -0.15) is 8.78 Å². The molecule has 1 saturated heterocycles. The van der Waals surface area contributed by atoms with E-state index in [4.69, 9.17) is 4.74 Å². The van der Waals surface area contributed by atoms with E-state index in [0.29, 0.717) is 18.9 Å².